The number of rotatable bonds is 5. The van der Waals surface area contributed by atoms with Gasteiger partial charge in [0.1, 0.15) is 17.5 Å². The Morgan fingerprint density at radius 2 is 1.59 bits per heavy atom. The summed E-state index contributed by atoms with van der Waals surface area (Å²) < 4.78 is 0. The van der Waals surface area contributed by atoms with E-state index < -0.39 is 0 Å². The Morgan fingerprint density at radius 1 is 1.00 bits per heavy atom. The van der Waals surface area contributed by atoms with E-state index in [2.05, 4.69) is 34.4 Å². The number of nitrogens with one attached hydrogen (secondary N) is 2. The first-order valence-corrected chi connectivity index (χ1v) is 7.99. The molecular weight excluding hydrogens is 343 g/mol. The Labute approximate surface area is 145 Å². The molecule has 0 amide bonds. The predicted molar refractivity (Wildman–Crippen MR) is 94.9 cm³/mol. The number of nitrogens with zero attached hydrogens (tertiary/aromatic N) is 2. The molecule has 0 saturated heterocycles. The van der Waals surface area contributed by atoms with E-state index in [0.717, 1.165) is 12.4 Å². The van der Waals surface area contributed by atoms with Gasteiger partial charge in [0.25, 0.3) is 0 Å². The van der Waals surface area contributed by atoms with Crippen LogP contribution in [0.4, 0.5) is 17.3 Å². The van der Waals surface area contributed by atoms with E-state index in [0.29, 0.717) is 38.3 Å². The highest BCUT2D eigenvalue weighted by atomic mass is 35.5. The van der Waals surface area contributed by atoms with Gasteiger partial charge in [0.05, 0.1) is 15.7 Å². The molecule has 2 aromatic rings. The van der Waals surface area contributed by atoms with Gasteiger partial charge in [0, 0.05) is 17.6 Å². The highest BCUT2D eigenvalue weighted by molar-refractivity contribution is 6.41. The van der Waals surface area contributed by atoms with Crippen molar-refractivity contribution in [2.75, 3.05) is 17.2 Å². The average molecular weight is 360 g/mol. The third-order valence-electron chi connectivity index (χ3n) is 2.79. The van der Waals surface area contributed by atoms with Gasteiger partial charge in [-0.05, 0) is 25.0 Å². The van der Waals surface area contributed by atoms with Gasteiger partial charge in [-0.25, -0.2) is 9.97 Å². The lowest BCUT2D eigenvalue weighted by molar-refractivity contribution is 0.686. The maximum atomic E-state index is 6.18. The van der Waals surface area contributed by atoms with Crippen molar-refractivity contribution in [3.63, 3.8) is 0 Å². The Morgan fingerprint density at radius 3 is 2.18 bits per heavy atom. The van der Waals surface area contributed by atoms with Crippen LogP contribution < -0.4 is 10.6 Å². The number of aryl methyl sites for hydroxylation is 1. The van der Waals surface area contributed by atoms with Crippen LogP contribution in [0.25, 0.3) is 0 Å². The van der Waals surface area contributed by atoms with Gasteiger partial charge in [0.2, 0.25) is 0 Å². The van der Waals surface area contributed by atoms with Crippen LogP contribution in [0, 0.1) is 12.8 Å². The van der Waals surface area contributed by atoms with Crippen LogP contribution in [0.5, 0.6) is 0 Å². The normalized spacial score (nSPS) is 10.9. The fourth-order valence-corrected chi connectivity index (χ4v) is 2.73. The molecule has 2 N–H and O–H groups in total. The lowest BCUT2D eigenvalue weighted by Crippen LogP contribution is -2.10. The second kappa shape index (κ2) is 7.36. The molecule has 1 aromatic heterocycles. The summed E-state index contributed by atoms with van der Waals surface area (Å²) in [6.45, 7) is 6.93. The second-order valence-corrected chi connectivity index (χ2v) is 6.58. The lowest BCUT2D eigenvalue weighted by atomic mass is 10.2. The molecule has 0 radical (unpaired) electrons. The molecule has 118 valence electrons. The number of anilines is 3. The lowest BCUT2D eigenvalue weighted by Gasteiger charge is -2.13. The van der Waals surface area contributed by atoms with Gasteiger partial charge in [-0.3, -0.25) is 0 Å². The Balaban J connectivity index is 2.26. The third-order valence-corrected chi connectivity index (χ3v) is 3.60. The van der Waals surface area contributed by atoms with Crippen LogP contribution in [0.1, 0.15) is 19.7 Å². The molecule has 0 fully saturated rings. The molecule has 1 aromatic carbocycles. The van der Waals surface area contributed by atoms with E-state index >= 15 is 0 Å². The molecule has 0 aliphatic heterocycles. The Bertz CT molecular complexity index is 651. The van der Waals surface area contributed by atoms with Crippen LogP contribution in [-0.2, 0) is 0 Å². The molecular formula is C15H17Cl3N4. The average Bonchev–Trinajstić information content (AvgIpc) is 2.40. The van der Waals surface area contributed by atoms with Gasteiger partial charge < -0.3 is 10.6 Å². The fourth-order valence-electron chi connectivity index (χ4n) is 1.82. The molecule has 0 atom stereocenters. The minimum absolute atomic E-state index is 0.436. The molecule has 0 unspecified atom stereocenters. The SMILES string of the molecule is Cc1nc(NCC(C)C)cc(Nc2c(Cl)cc(Cl)cc2Cl)n1. The maximum Gasteiger partial charge on any atom is 0.136 e. The van der Waals surface area contributed by atoms with Gasteiger partial charge in [-0.15, -0.1) is 0 Å². The number of halogens is 3. The third kappa shape index (κ3) is 4.63. The topological polar surface area (TPSA) is 49.8 Å². The minimum atomic E-state index is 0.436. The van der Waals surface area contributed by atoms with Crippen molar-refractivity contribution in [3.8, 4) is 0 Å². The number of aromatic nitrogens is 2. The van der Waals surface area contributed by atoms with Crippen molar-refractivity contribution >= 4 is 52.1 Å². The zero-order valence-corrected chi connectivity index (χ0v) is 14.8. The number of hydrogen-bond donors (Lipinski definition) is 2. The highest BCUT2D eigenvalue weighted by Crippen LogP contribution is 2.35. The van der Waals surface area contributed by atoms with E-state index in [4.69, 9.17) is 34.8 Å². The fraction of sp³-hybridized carbons (Fsp3) is 0.333. The summed E-state index contributed by atoms with van der Waals surface area (Å²) in [6.07, 6.45) is 0. The van der Waals surface area contributed by atoms with E-state index in [9.17, 15) is 0 Å². The number of benzene rings is 1. The first-order chi connectivity index (χ1) is 10.3. The van der Waals surface area contributed by atoms with Crippen molar-refractivity contribution in [2.45, 2.75) is 20.8 Å². The molecule has 1 heterocycles. The zero-order valence-electron chi connectivity index (χ0n) is 12.5. The van der Waals surface area contributed by atoms with Crippen LogP contribution >= 0.6 is 34.8 Å². The molecule has 2 rings (SSSR count). The van der Waals surface area contributed by atoms with Gasteiger partial charge >= 0.3 is 0 Å². The summed E-state index contributed by atoms with van der Waals surface area (Å²) in [5, 5.41) is 7.75. The summed E-state index contributed by atoms with van der Waals surface area (Å²) in [6, 6.07) is 5.07. The van der Waals surface area contributed by atoms with Gasteiger partial charge in [0.15, 0.2) is 0 Å². The van der Waals surface area contributed by atoms with E-state index in [1.165, 1.54) is 0 Å². The van der Waals surface area contributed by atoms with Crippen LogP contribution in [0.3, 0.4) is 0 Å². The molecule has 0 bridgehead atoms. The quantitative estimate of drug-likeness (QED) is 0.734. The summed E-state index contributed by atoms with van der Waals surface area (Å²) >= 11 is 18.3. The minimum Gasteiger partial charge on any atom is -0.370 e. The Hall–Kier alpha value is -1.23. The van der Waals surface area contributed by atoms with Crippen molar-refractivity contribution in [3.05, 3.63) is 39.1 Å². The summed E-state index contributed by atoms with van der Waals surface area (Å²) in [7, 11) is 0. The van der Waals surface area contributed by atoms with Gasteiger partial charge in [-0.2, -0.15) is 0 Å². The molecule has 0 spiro atoms. The monoisotopic (exact) mass is 358 g/mol. The molecule has 0 saturated carbocycles. The largest absolute Gasteiger partial charge is 0.370 e. The van der Waals surface area contributed by atoms with E-state index in [1.54, 1.807) is 12.1 Å². The first-order valence-electron chi connectivity index (χ1n) is 6.86. The van der Waals surface area contributed by atoms with Crippen molar-refractivity contribution in [2.24, 2.45) is 5.92 Å². The highest BCUT2D eigenvalue weighted by Gasteiger charge is 2.10. The van der Waals surface area contributed by atoms with Crippen molar-refractivity contribution in [1.29, 1.82) is 0 Å². The molecule has 7 heteroatoms. The second-order valence-electron chi connectivity index (χ2n) is 5.33. The van der Waals surface area contributed by atoms with Crippen LogP contribution in [0.15, 0.2) is 18.2 Å². The van der Waals surface area contributed by atoms with Crippen molar-refractivity contribution in [1.82, 2.24) is 9.97 Å². The Kier molecular flexibility index (Phi) is 5.73. The molecule has 22 heavy (non-hydrogen) atoms. The number of hydrogen-bond acceptors (Lipinski definition) is 4. The first kappa shape index (κ1) is 17.1. The van der Waals surface area contributed by atoms with Crippen molar-refractivity contribution < 1.29 is 0 Å². The standard InChI is InChI=1S/C15H17Cl3N4/c1-8(2)7-19-13-6-14(21-9(3)20-13)22-15-11(17)4-10(16)5-12(15)18/h4-6,8H,7H2,1-3H3,(H2,19,20,21,22). The zero-order chi connectivity index (χ0) is 16.3. The molecule has 0 aliphatic carbocycles. The van der Waals surface area contributed by atoms with Crippen LogP contribution in [-0.4, -0.2) is 16.5 Å². The summed E-state index contributed by atoms with van der Waals surface area (Å²) in [5.74, 6) is 2.54. The summed E-state index contributed by atoms with van der Waals surface area (Å²) in [4.78, 5) is 8.71. The van der Waals surface area contributed by atoms with Crippen LogP contribution in [0.2, 0.25) is 15.1 Å². The molecule has 4 nitrogen and oxygen atoms in total. The maximum absolute atomic E-state index is 6.18. The van der Waals surface area contributed by atoms with E-state index in [-0.39, 0.29) is 0 Å². The van der Waals surface area contributed by atoms with E-state index in [1.807, 2.05) is 13.0 Å². The van der Waals surface area contributed by atoms with Gasteiger partial charge in [-0.1, -0.05) is 48.7 Å². The molecule has 0 aliphatic rings. The summed E-state index contributed by atoms with van der Waals surface area (Å²) in [5.41, 5.74) is 0.570. The smallest absolute Gasteiger partial charge is 0.136 e. The predicted octanol–water partition coefficient (Wildman–Crippen LogP) is 5.56.